The van der Waals surface area contributed by atoms with Crippen LogP contribution in [0.5, 0.6) is 5.75 Å². The van der Waals surface area contributed by atoms with Crippen molar-refractivity contribution in [2.45, 2.75) is 203 Å². The van der Waals surface area contributed by atoms with Gasteiger partial charge in [-0.25, -0.2) is 0 Å². The zero-order chi connectivity index (χ0) is 55.8. The molecular weight excluding hydrogens is 985 g/mol. The smallest absolute Gasteiger partial charge is 0.248 e. The van der Waals surface area contributed by atoms with Crippen molar-refractivity contribution in [3.63, 3.8) is 0 Å². The third-order valence-corrected chi connectivity index (χ3v) is 14.3. The van der Waals surface area contributed by atoms with E-state index in [2.05, 4.69) is 47.4 Å². The molecule has 2 unspecified atom stereocenters. The van der Waals surface area contributed by atoms with E-state index in [1.54, 1.807) is 0 Å². The fourth-order valence-electron chi connectivity index (χ4n) is 9.79. The Morgan fingerprint density at radius 2 is 1.32 bits per heavy atom. The number of nitrogens with two attached hydrogens (primary N) is 1. The van der Waals surface area contributed by atoms with Gasteiger partial charge >= 0.3 is 0 Å². The summed E-state index contributed by atoms with van der Waals surface area (Å²) in [5.74, 6) is -8.59. The summed E-state index contributed by atoms with van der Waals surface area (Å²) < 4.78 is 0. The van der Waals surface area contributed by atoms with Crippen LogP contribution in [0.2, 0.25) is 0 Å². The minimum atomic E-state index is -2.36. The number of nitrogens with zero attached hydrogens (tertiary/aromatic N) is 2. The molecule has 4 rings (SSSR count). The number of unbranched alkanes of at least 4 members (excludes halogenated alkanes) is 5. The Morgan fingerprint density at radius 3 is 1.95 bits per heavy atom. The van der Waals surface area contributed by atoms with Gasteiger partial charge in [0.15, 0.2) is 6.23 Å². The molecule has 0 saturated carbocycles. The first-order chi connectivity index (χ1) is 35.3. The number of carbonyl (C=O) groups is 8. The Bertz CT molecular complexity index is 2100. The molecule has 422 valence electrons. The maximum atomic E-state index is 14.4. The van der Waals surface area contributed by atoms with E-state index in [4.69, 9.17) is 5.73 Å². The van der Waals surface area contributed by atoms with E-state index < -0.39 is 165 Å². The standard InChI is InChI=1S/C50H80N8O17/c1-5-25(2)20-26(3)12-10-8-6-7-9-11-13-37(66)52-31-22-35(64)46(71)56-48(73)41-33(62)18-19-57(41)50(75)39(34(63)23-36(51)65)54-47(72)40(43(68)42(67)28-14-16-29(60)17-15-28)55-45(70)32-21-30(61)24-58(32)49(74)38(27(4)59)53-44(31)69/h14-17,25-27,30-35,38-43,46,59-64,67-68,71H,5-13,18-24H2,1-4H3,(H2,51,65)(H,52,66)(H,53,69)(H,54,72)(H,55,70)(H,56,73)/t25-,26+,27+,30+,31?,32-,33?,34+,35+,38+,39-,40+,41-,42-,43-,46+/m0/s1. The molecule has 0 radical (unpaired) electrons. The number of carbonyl (C=O) groups excluding carboxylic acids is 8. The third-order valence-electron chi connectivity index (χ3n) is 14.3. The number of aromatic hydroxyl groups is 1. The molecule has 3 saturated heterocycles. The first kappa shape index (κ1) is 62.0. The summed E-state index contributed by atoms with van der Waals surface area (Å²) >= 11 is 0. The van der Waals surface area contributed by atoms with Gasteiger partial charge in [-0.2, -0.15) is 0 Å². The molecule has 3 aliphatic rings. The largest absolute Gasteiger partial charge is 0.508 e. The molecule has 25 nitrogen and oxygen atoms in total. The average Bonchev–Trinajstić information content (AvgIpc) is 3.95. The van der Waals surface area contributed by atoms with Crippen molar-refractivity contribution >= 4 is 47.3 Å². The molecule has 3 fully saturated rings. The lowest BCUT2D eigenvalue weighted by Crippen LogP contribution is -2.64. The number of aliphatic hydroxyl groups is 8. The maximum absolute atomic E-state index is 14.4. The molecule has 3 heterocycles. The van der Waals surface area contributed by atoms with Crippen molar-refractivity contribution in [3.05, 3.63) is 29.8 Å². The minimum absolute atomic E-state index is 0.0795. The Labute approximate surface area is 436 Å². The topological polar surface area (TPSA) is 411 Å². The van der Waals surface area contributed by atoms with E-state index in [1.165, 1.54) is 6.42 Å². The van der Waals surface area contributed by atoms with E-state index in [0.29, 0.717) is 29.6 Å². The summed E-state index contributed by atoms with van der Waals surface area (Å²) in [5, 5.41) is 110. The summed E-state index contributed by atoms with van der Waals surface area (Å²) in [7, 11) is 0. The maximum Gasteiger partial charge on any atom is 0.248 e. The predicted molar refractivity (Wildman–Crippen MR) is 265 cm³/mol. The number of rotatable bonds is 20. The predicted octanol–water partition coefficient (Wildman–Crippen LogP) is -3.34. The highest BCUT2D eigenvalue weighted by Crippen LogP contribution is 2.27. The molecule has 0 aliphatic carbocycles. The number of hydrogen-bond donors (Lipinski definition) is 15. The second-order valence-electron chi connectivity index (χ2n) is 20.6. The van der Waals surface area contributed by atoms with Gasteiger partial charge in [0, 0.05) is 32.4 Å². The second kappa shape index (κ2) is 29.1. The number of nitrogens with one attached hydrogen (secondary N) is 5. The number of primary amides is 1. The van der Waals surface area contributed by atoms with Crippen LogP contribution in [0.3, 0.4) is 0 Å². The van der Waals surface area contributed by atoms with E-state index >= 15 is 0 Å². The van der Waals surface area contributed by atoms with Gasteiger partial charge in [-0.1, -0.05) is 77.8 Å². The summed E-state index contributed by atoms with van der Waals surface area (Å²) in [6, 6.07) is -7.37. The Morgan fingerprint density at radius 1 is 0.720 bits per heavy atom. The van der Waals surface area contributed by atoms with Crippen molar-refractivity contribution in [1.29, 1.82) is 0 Å². The lowest BCUT2D eigenvalue weighted by atomic mass is 9.91. The fourth-order valence-corrected chi connectivity index (χ4v) is 9.79. The molecule has 16 atom stereocenters. The molecule has 1 aromatic carbocycles. The first-order valence-electron chi connectivity index (χ1n) is 26.0. The Kier molecular flexibility index (Phi) is 24.1. The highest BCUT2D eigenvalue weighted by atomic mass is 16.3. The zero-order valence-corrected chi connectivity index (χ0v) is 43.1. The van der Waals surface area contributed by atoms with Gasteiger partial charge in [0.25, 0.3) is 0 Å². The number of benzene rings is 1. The highest BCUT2D eigenvalue weighted by Gasteiger charge is 2.49. The van der Waals surface area contributed by atoms with Crippen LogP contribution < -0.4 is 32.3 Å². The summed E-state index contributed by atoms with van der Waals surface area (Å²) in [5.41, 5.74) is 5.21. The molecular formula is C50H80N8O17. The number of phenolic OH excluding ortho intramolecular Hbond substituents is 1. The molecule has 8 amide bonds. The molecule has 0 bridgehead atoms. The van der Waals surface area contributed by atoms with Crippen LogP contribution >= 0.6 is 0 Å². The fraction of sp³-hybridized carbons (Fsp3) is 0.720. The molecule has 0 aromatic heterocycles. The van der Waals surface area contributed by atoms with Crippen molar-refractivity contribution < 1.29 is 84.3 Å². The normalized spacial score (nSPS) is 29.0. The van der Waals surface area contributed by atoms with Gasteiger partial charge in [0.1, 0.15) is 60.3 Å². The van der Waals surface area contributed by atoms with E-state index in [1.807, 2.05) is 0 Å². The van der Waals surface area contributed by atoms with Gasteiger partial charge in [-0.05, 0) is 55.7 Å². The van der Waals surface area contributed by atoms with Crippen LogP contribution in [0, 0.1) is 11.8 Å². The van der Waals surface area contributed by atoms with E-state index in [9.17, 15) is 84.3 Å². The number of aliphatic hydroxyl groups excluding tert-OH is 8. The van der Waals surface area contributed by atoms with Crippen molar-refractivity contribution in [2.24, 2.45) is 17.6 Å². The molecule has 1 aromatic rings. The monoisotopic (exact) mass is 1060 g/mol. The molecule has 0 spiro atoms. The summed E-state index contributed by atoms with van der Waals surface area (Å²) in [6.45, 7) is 6.76. The van der Waals surface area contributed by atoms with Gasteiger partial charge in [-0.15, -0.1) is 0 Å². The minimum Gasteiger partial charge on any atom is -0.508 e. The number of hydrogen-bond acceptors (Lipinski definition) is 17. The SMILES string of the molecule is CC[C@H](C)C[C@H](C)CCCCCCCCC(=O)NC1C[C@@H](O)[C@@H](O)NC(=O)[C@@H]2C(O)CCN2C(=O)[C@H]([C@H](O)CC(N)=O)NC(=O)[C@@H]([C@H](O)[C@@H](O)c2ccc(O)cc2)NC(=O)[C@@H]2C[C@@H](O)CN2C(=O)[C@@H]([C@@H](C)O)NC1=O. The van der Waals surface area contributed by atoms with Crippen LogP contribution in [0.15, 0.2) is 24.3 Å². The lowest BCUT2D eigenvalue weighted by Gasteiger charge is -2.34. The summed E-state index contributed by atoms with van der Waals surface area (Å²) in [6.07, 6.45) is -10.2. The van der Waals surface area contributed by atoms with Gasteiger partial charge in [-0.3, -0.25) is 38.4 Å². The van der Waals surface area contributed by atoms with Crippen molar-refractivity contribution in [2.75, 3.05) is 13.1 Å². The van der Waals surface area contributed by atoms with Crippen LogP contribution in [0.4, 0.5) is 0 Å². The number of phenols is 1. The van der Waals surface area contributed by atoms with E-state index in [0.717, 1.165) is 74.6 Å². The highest BCUT2D eigenvalue weighted by molar-refractivity contribution is 5.98. The molecule has 25 heteroatoms. The Balaban J connectivity index is 1.69. The van der Waals surface area contributed by atoms with Crippen molar-refractivity contribution in [3.8, 4) is 5.75 Å². The number of amides is 8. The second-order valence-corrected chi connectivity index (χ2v) is 20.6. The van der Waals surface area contributed by atoms with Crippen LogP contribution in [-0.4, -0.2) is 195 Å². The molecule has 16 N–H and O–H groups in total. The number of fused-ring (bicyclic) bond motifs is 2. The van der Waals surface area contributed by atoms with Gasteiger partial charge in [0.2, 0.25) is 47.3 Å². The van der Waals surface area contributed by atoms with E-state index in [-0.39, 0.29) is 24.2 Å². The van der Waals surface area contributed by atoms with Gasteiger partial charge < -0.3 is 88.1 Å². The average molecular weight is 1070 g/mol. The Hall–Kier alpha value is -5.54. The lowest BCUT2D eigenvalue weighted by molar-refractivity contribution is -0.149. The third kappa shape index (κ3) is 17.8. The van der Waals surface area contributed by atoms with Crippen molar-refractivity contribution in [1.82, 2.24) is 36.4 Å². The quantitative estimate of drug-likeness (QED) is 0.0568. The van der Waals surface area contributed by atoms with Crippen LogP contribution in [-0.2, 0) is 38.4 Å². The summed E-state index contributed by atoms with van der Waals surface area (Å²) in [4.78, 5) is 112. The molecule has 3 aliphatic heterocycles. The zero-order valence-electron chi connectivity index (χ0n) is 43.1. The molecule has 75 heavy (non-hydrogen) atoms. The van der Waals surface area contributed by atoms with Crippen LogP contribution in [0.1, 0.15) is 129 Å². The first-order valence-corrected chi connectivity index (χ1v) is 26.0. The van der Waals surface area contributed by atoms with Crippen LogP contribution in [0.25, 0.3) is 0 Å². The van der Waals surface area contributed by atoms with Gasteiger partial charge in [0.05, 0.1) is 30.8 Å².